The number of benzene rings is 1. The van der Waals surface area contributed by atoms with E-state index in [2.05, 4.69) is 11.4 Å². The Bertz CT molecular complexity index is 624. The fourth-order valence-electron chi connectivity index (χ4n) is 4.32. The number of anilines is 1. The Morgan fingerprint density at radius 2 is 1.62 bits per heavy atom. The average Bonchev–Trinajstić information content (AvgIpc) is 3.29. The normalized spacial score (nSPS) is 38.7. The first-order valence-corrected chi connectivity index (χ1v) is 7.44. The van der Waals surface area contributed by atoms with Gasteiger partial charge in [-0.1, -0.05) is 30.4 Å². The summed E-state index contributed by atoms with van der Waals surface area (Å²) in [7, 11) is 0. The molecule has 0 aliphatic heterocycles. The second kappa shape index (κ2) is 4.45. The van der Waals surface area contributed by atoms with Gasteiger partial charge in [0.2, 0.25) is 5.91 Å². The lowest BCUT2D eigenvalue weighted by atomic mass is 9.62. The fourth-order valence-corrected chi connectivity index (χ4v) is 4.32. The first-order valence-electron chi connectivity index (χ1n) is 7.44. The van der Waals surface area contributed by atoms with E-state index in [9.17, 15) is 14.7 Å². The van der Waals surface area contributed by atoms with Crippen molar-refractivity contribution in [2.45, 2.75) is 6.42 Å². The van der Waals surface area contributed by atoms with Crippen molar-refractivity contribution in [2.24, 2.45) is 35.5 Å². The quantitative estimate of drug-likeness (QED) is 0.837. The molecular weight excluding hydrogens is 266 g/mol. The second-order valence-corrected chi connectivity index (χ2v) is 6.35. The molecule has 5 rings (SSSR count). The zero-order valence-electron chi connectivity index (χ0n) is 11.5. The topological polar surface area (TPSA) is 66.4 Å². The Kier molecular flexibility index (Phi) is 2.67. The summed E-state index contributed by atoms with van der Waals surface area (Å²) >= 11 is 0. The maximum atomic E-state index is 12.6. The van der Waals surface area contributed by atoms with Crippen molar-refractivity contribution < 1.29 is 14.7 Å². The molecule has 0 unspecified atom stereocenters. The van der Waals surface area contributed by atoms with Crippen LogP contribution in [0.4, 0.5) is 5.69 Å². The van der Waals surface area contributed by atoms with Gasteiger partial charge in [-0.3, -0.25) is 9.59 Å². The number of amides is 1. The summed E-state index contributed by atoms with van der Waals surface area (Å²) in [6, 6.07) is 9.24. The molecule has 6 atom stereocenters. The van der Waals surface area contributed by atoms with Crippen LogP contribution in [0.25, 0.3) is 0 Å². The van der Waals surface area contributed by atoms with Gasteiger partial charge in [-0.2, -0.15) is 0 Å². The minimum absolute atomic E-state index is 0.0315. The summed E-state index contributed by atoms with van der Waals surface area (Å²) < 4.78 is 0. The van der Waals surface area contributed by atoms with Crippen LogP contribution in [-0.4, -0.2) is 17.0 Å². The molecular formula is C17H17NO3. The van der Waals surface area contributed by atoms with Crippen molar-refractivity contribution in [1.29, 1.82) is 0 Å². The number of para-hydroxylation sites is 1. The maximum Gasteiger partial charge on any atom is 0.307 e. The van der Waals surface area contributed by atoms with E-state index >= 15 is 0 Å². The summed E-state index contributed by atoms with van der Waals surface area (Å²) in [5, 5.41) is 12.5. The summed E-state index contributed by atoms with van der Waals surface area (Å²) in [6.45, 7) is 0. The first-order chi connectivity index (χ1) is 10.2. The van der Waals surface area contributed by atoms with Gasteiger partial charge in [0, 0.05) is 5.69 Å². The molecule has 2 fully saturated rings. The molecule has 108 valence electrons. The van der Waals surface area contributed by atoms with E-state index in [1.807, 2.05) is 36.4 Å². The molecule has 1 amide bonds. The van der Waals surface area contributed by atoms with Gasteiger partial charge in [-0.15, -0.1) is 0 Å². The van der Waals surface area contributed by atoms with E-state index in [-0.39, 0.29) is 17.7 Å². The first kappa shape index (κ1) is 12.6. The van der Waals surface area contributed by atoms with E-state index in [0.29, 0.717) is 11.8 Å². The SMILES string of the molecule is O=C(O)[C@@H]1[C@H]2C=C[C@H]([C@@H]3C[C@H]23)[C@@H]1C(=O)Nc1ccccc1. The minimum Gasteiger partial charge on any atom is -0.481 e. The Hall–Kier alpha value is -2.10. The average molecular weight is 283 g/mol. The number of allylic oxidation sites excluding steroid dienone is 2. The maximum absolute atomic E-state index is 12.6. The van der Waals surface area contributed by atoms with Gasteiger partial charge >= 0.3 is 5.97 Å². The Morgan fingerprint density at radius 3 is 2.24 bits per heavy atom. The van der Waals surface area contributed by atoms with Crippen molar-refractivity contribution in [1.82, 2.24) is 0 Å². The van der Waals surface area contributed by atoms with E-state index in [1.165, 1.54) is 0 Å². The predicted octanol–water partition coefficient (Wildman–Crippen LogP) is 2.39. The lowest BCUT2D eigenvalue weighted by Crippen LogP contribution is -2.48. The number of carboxylic acid groups (broad SMARTS) is 1. The Balaban J connectivity index is 1.62. The molecule has 0 heterocycles. The van der Waals surface area contributed by atoms with E-state index in [0.717, 1.165) is 12.1 Å². The number of rotatable bonds is 3. The monoisotopic (exact) mass is 283 g/mol. The number of carboxylic acids is 1. The third kappa shape index (κ3) is 1.89. The molecule has 1 aromatic rings. The van der Waals surface area contributed by atoms with Crippen molar-refractivity contribution in [2.75, 3.05) is 5.32 Å². The predicted molar refractivity (Wildman–Crippen MR) is 77.4 cm³/mol. The lowest BCUT2D eigenvalue weighted by Gasteiger charge is -2.41. The van der Waals surface area contributed by atoms with Gasteiger partial charge in [0.1, 0.15) is 0 Å². The number of fused-ring (bicyclic) bond motifs is 1. The van der Waals surface area contributed by atoms with Crippen LogP contribution in [0.2, 0.25) is 0 Å². The Morgan fingerprint density at radius 1 is 1.00 bits per heavy atom. The van der Waals surface area contributed by atoms with Crippen LogP contribution in [0.5, 0.6) is 0 Å². The zero-order valence-corrected chi connectivity index (χ0v) is 11.5. The number of hydrogen-bond acceptors (Lipinski definition) is 2. The molecule has 21 heavy (non-hydrogen) atoms. The number of aliphatic carboxylic acids is 1. The molecule has 2 N–H and O–H groups in total. The number of carbonyl (C=O) groups is 2. The number of nitrogens with one attached hydrogen (secondary N) is 1. The highest BCUT2D eigenvalue weighted by molar-refractivity contribution is 5.96. The number of carbonyl (C=O) groups excluding carboxylic acids is 1. The molecule has 4 aliphatic carbocycles. The summed E-state index contributed by atoms with van der Waals surface area (Å²) in [5.41, 5.74) is 0.726. The van der Waals surface area contributed by atoms with E-state index in [4.69, 9.17) is 0 Å². The highest BCUT2D eigenvalue weighted by Gasteiger charge is 2.62. The molecule has 4 nitrogen and oxygen atoms in total. The van der Waals surface area contributed by atoms with E-state index < -0.39 is 17.8 Å². The molecule has 0 saturated heterocycles. The van der Waals surface area contributed by atoms with Gasteiger partial charge in [0.25, 0.3) is 0 Å². The van der Waals surface area contributed by atoms with Crippen molar-refractivity contribution >= 4 is 17.6 Å². The molecule has 4 heteroatoms. The highest BCUT2D eigenvalue weighted by Crippen LogP contribution is 2.63. The minimum atomic E-state index is -0.840. The second-order valence-electron chi connectivity index (χ2n) is 6.35. The number of hydrogen-bond donors (Lipinski definition) is 2. The molecule has 1 aromatic carbocycles. The highest BCUT2D eigenvalue weighted by atomic mass is 16.4. The summed E-state index contributed by atoms with van der Waals surface area (Å²) in [6.07, 6.45) is 5.18. The van der Waals surface area contributed by atoms with Crippen molar-refractivity contribution in [3.8, 4) is 0 Å². The Labute approximate surface area is 122 Å². The largest absolute Gasteiger partial charge is 0.481 e. The molecule has 4 aliphatic rings. The van der Waals surface area contributed by atoms with Crippen LogP contribution in [0, 0.1) is 35.5 Å². The molecule has 0 radical (unpaired) electrons. The van der Waals surface area contributed by atoms with Gasteiger partial charge in [-0.05, 0) is 42.2 Å². The third-order valence-corrected chi connectivity index (χ3v) is 5.28. The van der Waals surface area contributed by atoms with E-state index in [1.54, 1.807) is 0 Å². The van der Waals surface area contributed by atoms with Crippen molar-refractivity contribution in [3.63, 3.8) is 0 Å². The van der Waals surface area contributed by atoms with Gasteiger partial charge in [0.05, 0.1) is 11.8 Å². The van der Waals surface area contributed by atoms with Crippen molar-refractivity contribution in [3.05, 3.63) is 42.5 Å². The van der Waals surface area contributed by atoms with Crippen LogP contribution < -0.4 is 5.32 Å². The summed E-state index contributed by atoms with van der Waals surface area (Å²) in [4.78, 5) is 24.3. The van der Waals surface area contributed by atoms with Crippen LogP contribution in [0.15, 0.2) is 42.5 Å². The standard InChI is InChI=1S/C17H17NO3/c19-16(18-9-4-2-1-3-5-9)14-10-6-7-11(13-8-12(10)13)15(14)17(20)21/h1-7,10-15H,8H2,(H,18,19)(H,20,21)/t10-,11+,12+,13-,14+,15-/m1/s1. The summed E-state index contributed by atoms with van der Waals surface area (Å²) in [5.74, 6) is -0.891. The van der Waals surface area contributed by atoms with Gasteiger partial charge in [0.15, 0.2) is 0 Å². The fraction of sp³-hybridized carbons (Fsp3) is 0.412. The van der Waals surface area contributed by atoms with Crippen LogP contribution in [0.1, 0.15) is 6.42 Å². The van der Waals surface area contributed by atoms with Crippen LogP contribution >= 0.6 is 0 Å². The molecule has 0 spiro atoms. The van der Waals surface area contributed by atoms with Crippen LogP contribution in [-0.2, 0) is 9.59 Å². The molecule has 2 saturated carbocycles. The van der Waals surface area contributed by atoms with Gasteiger partial charge in [-0.25, -0.2) is 0 Å². The third-order valence-electron chi connectivity index (χ3n) is 5.28. The molecule has 0 aromatic heterocycles. The van der Waals surface area contributed by atoms with Crippen LogP contribution in [0.3, 0.4) is 0 Å². The lowest BCUT2D eigenvalue weighted by molar-refractivity contribution is -0.152. The zero-order chi connectivity index (χ0) is 14.6. The smallest absolute Gasteiger partial charge is 0.307 e. The van der Waals surface area contributed by atoms with Gasteiger partial charge < -0.3 is 10.4 Å². The molecule has 2 bridgehead atoms.